The Morgan fingerprint density at radius 1 is 0.600 bits per heavy atom. The van der Waals surface area contributed by atoms with Gasteiger partial charge >= 0.3 is 0 Å². The molecule has 0 unspecified atom stereocenters. The lowest BCUT2D eigenvalue weighted by molar-refractivity contribution is 0.880. The van der Waals surface area contributed by atoms with E-state index < -0.39 is 4.87 Å². The zero-order chi connectivity index (χ0) is 21.1. The molecule has 150 valence electrons. The Labute approximate surface area is 192 Å². The van der Waals surface area contributed by atoms with E-state index in [4.69, 9.17) is 34.8 Å². The number of hydrogen-bond acceptors (Lipinski definition) is 1. The number of benzene rings is 4. The Hall–Kier alpha value is -2.45. The molecule has 0 aromatic heterocycles. The monoisotopic (exact) mass is 451 g/mol. The normalized spacial score (nSPS) is 11.3. The molecule has 0 heterocycles. The molecule has 4 rings (SSSR count). The molecular formula is C26H20Cl3N. The molecule has 4 aromatic rings. The molecule has 0 fully saturated rings. The van der Waals surface area contributed by atoms with Gasteiger partial charge in [-0.15, -0.1) is 11.6 Å². The third-order valence-corrected chi connectivity index (χ3v) is 6.23. The summed E-state index contributed by atoms with van der Waals surface area (Å²) in [6.45, 7) is 2.08. The Balaban J connectivity index is 1.73. The number of hydrogen-bond donors (Lipinski definition) is 1. The highest BCUT2D eigenvalue weighted by Crippen LogP contribution is 2.44. The predicted molar refractivity (Wildman–Crippen MR) is 130 cm³/mol. The summed E-state index contributed by atoms with van der Waals surface area (Å²) in [6.07, 6.45) is 0. The van der Waals surface area contributed by atoms with Crippen LogP contribution < -0.4 is 5.32 Å². The van der Waals surface area contributed by atoms with Gasteiger partial charge in [-0.2, -0.15) is 0 Å². The van der Waals surface area contributed by atoms with E-state index >= 15 is 0 Å². The summed E-state index contributed by atoms with van der Waals surface area (Å²) in [5.41, 5.74) is 6.10. The van der Waals surface area contributed by atoms with Gasteiger partial charge in [-0.1, -0.05) is 71.7 Å². The quantitative estimate of drug-likeness (QED) is 0.236. The molecule has 1 N–H and O–H groups in total. The van der Waals surface area contributed by atoms with Crippen molar-refractivity contribution in [1.82, 2.24) is 0 Å². The molecule has 0 saturated heterocycles. The van der Waals surface area contributed by atoms with Crippen molar-refractivity contribution in [3.8, 4) is 0 Å². The number of alkyl halides is 1. The maximum absolute atomic E-state index is 7.35. The van der Waals surface area contributed by atoms with Crippen molar-refractivity contribution >= 4 is 46.2 Å². The predicted octanol–water partition coefficient (Wildman–Crippen LogP) is 8.58. The smallest absolute Gasteiger partial charge is 0.119 e. The largest absolute Gasteiger partial charge is 0.356 e. The first-order valence-electron chi connectivity index (χ1n) is 9.60. The van der Waals surface area contributed by atoms with E-state index in [1.807, 2.05) is 84.9 Å². The second kappa shape index (κ2) is 8.73. The van der Waals surface area contributed by atoms with E-state index in [0.717, 1.165) is 28.1 Å². The van der Waals surface area contributed by atoms with Crippen LogP contribution in [0.15, 0.2) is 97.1 Å². The fraction of sp³-hybridized carbons (Fsp3) is 0.0769. The second-order valence-electron chi connectivity index (χ2n) is 7.24. The highest BCUT2D eigenvalue weighted by molar-refractivity contribution is 6.31. The van der Waals surface area contributed by atoms with Crippen LogP contribution in [0, 0.1) is 6.92 Å². The Morgan fingerprint density at radius 2 is 1.07 bits per heavy atom. The van der Waals surface area contributed by atoms with Crippen molar-refractivity contribution in [2.45, 2.75) is 11.8 Å². The maximum Gasteiger partial charge on any atom is 0.119 e. The SMILES string of the molecule is Cc1cccc(Nc2ccc(C(Cl)(c3ccc(Cl)cc3)c3ccc(Cl)cc3)cc2)c1. The summed E-state index contributed by atoms with van der Waals surface area (Å²) in [4.78, 5) is -0.864. The molecule has 0 bridgehead atoms. The molecule has 0 radical (unpaired) electrons. The van der Waals surface area contributed by atoms with Crippen LogP contribution in [0.1, 0.15) is 22.3 Å². The Kier molecular flexibility index (Phi) is 6.06. The van der Waals surface area contributed by atoms with Crippen molar-refractivity contribution in [1.29, 1.82) is 0 Å². The number of nitrogens with one attached hydrogen (secondary N) is 1. The van der Waals surface area contributed by atoms with Crippen LogP contribution >= 0.6 is 34.8 Å². The molecule has 0 atom stereocenters. The number of aryl methyl sites for hydroxylation is 1. The van der Waals surface area contributed by atoms with Gasteiger partial charge in [-0.3, -0.25) is 0 Å². The summed E-state index contributed by atoms with van der Waals surface area (Å²) in [5, 5.41) is 4.79. The van der Waals surface area contributed by atoms with Gasteiger partial charge in [-0.25, -0.2) is 0 Å². The zero-order valence-corrected chi connectivity index (χ0v) is 18.6. The summed E-state index contributed by atoms with van der Waals surface area (Å²) >= 11 is 19.6. The van der Waals surface area contributed by atoms with E-state index in [1.54, 1.807) is 0 Å². The highest BCUT2D eigenvalue weighted by Gasteiger charge is 2.34. The summed E-state index contributed by atoms with van der Waals surface area (Å²) in [7, 11) is 0. The lowest BCUT2D eigenvalue weighted by atomic mass is 9.84. The lowest BCUT2D eigenvalue weighted by Gasteiger charge is -2.29. The van der Waals surface area contributed by atoms with E-state index in [1.165, 1.54) is 5.56 Å². The van der Waals surface area contributed by atoms with Crippen LogP contribution in [0.25, 0.3) is 0 Å². The molecule has 0 aliphatic carbocycles. The fourth-order valence-corrected chi connectivity index (χ4v) is 4.16. The minimum atomic E-state index is -0.864. The molecular weight excluding hydrogens is 433 g/mol. The van der Waals surface area contributed by atoms with E-state index in [0.29, 0.717) is 10.0 Å². The fourth-order valence-electron chi connectivity index (χ4n) is 3.53. The minimum Gasteiger partial charge on any atom is -0.356 e. The van der Waals surface area contributed by atoms with Crippen LogP contribution in [-0.2, 0) is 4.87 Å². The number of anilines is 2. The van der Waals surface area contributed by atoms with E-state index in [2.05, 4.69) is 24.4 Å². The summed E-state index contributed by atoms with van der Waals surface area (Å²) in [5.74, 6) is 0. The van der Waals surface area contributed by atoms with Gasteiger partial charge in [-0.05, 0) is 77.7 Å². The average molecular weight is 453 g/mol. The molecule has 4 aromatic carbocycles. The van der Waals surface area contributed by atoms with Crippen LogP contribution in [0.4, 0.5) is 11.4 Å². The van der Waals surface area contributed by atoms with Gasteiger partial charge in [0.05, 0.1) is 0 Å². The Bertz CT molecular complexity index is 1090. The van der Waals surface area contributed by atoms with Gasteiger partial charge in [0.1, 0.15) is 4.87 Å². The van der Waals surface area contributed by atoms with Crippen LogP contribution in [-0.4, -0.2) is 0 Å². The first kappa shape index (κ1) is 20.8. The van der Waals surface area contributed by atoms with Crippen molar-refractivity contribution in [3.05, 3.63) is 129 Å². The average Bonchev–Trinajstić information content (AvgIpc) is 2.75. The van der Waals surface area contributed by atoms with Gasteiger partial charge in [0.2, 0.25) is 0 Å². The van der Waals surface area contributed by atoms with Crippen LogP contribution in [0.5, 0.6) is 0 Å². The van der Waals surface area contributed by atoms with E-state index in [-0.39, 0.29) is 0 Å². The standard InChI is InChI=1S/C26H20Cl3N/c1-18-3-2-4-25(17-18)30-24-15-9-21(10-16-24)26(29,19-5-11-22(27)12-6-19)20-7-13-23(28)14-8-20/h2-17,30H,1H3. The maximum atomic E-state index is 7.35. The molecule has 0 amide bonds. The molecule has 1 nitrogen and oxygen atoms in total. The molecule has 30 heavy (non-hydrogen) atoms. The van der Waals surface area contributed by atoms with E-state index in [9.17, 15) is 0 Å². The third kappa shape index (κ3) is 4.34. The lowest BCUT2D eigenvalue weighted by Crippen LogP contribution is -2.22. The van der Waals surface area contributed by atoms with Gasteiger partial charge in [0.15, 0.2) is 0 Å². The van der Waals surface area contributed by atoms with Crippen molar-refractivity contribution in [3.63, 3.8) is 0 Å². The first-order chi connectivity index (χ1) is 14.4. The number of halogens is 3. The van der Waals surface area contributed by atoms with Crippen molar-refractivity contribution in [2.24, 2.45) is 0 Å². The molecule has 0 aliphatic heterocycles. The second-order valence-corrected chi connectivity index (χ2v) is 8.68. The Morgan fingerprint density at radius 3 is 1.53 bits per heavy atom. The summed E-state index contributed by atoms with van der Waals surface area (Å²) in [6, 6.07) is 31.7. The highest BCUT2D eigenvalue weighted by atomic mass is 35.5. The van der Waals surface area contributed by atoms with Gasteiger partial charge < -0.3 is 5.32 Å². The van der Waals surface area contributed by atoms with Gasteiger partial charge in [0, 0.05) is 21.4 Å². The first-order valence-corrected chi connectivity index (χ1v) is 10.7. The van der Waals surface area contributed by atoms with Gasteiger partial charge in [0.25, 0.3) is 0 Å². The third-order valence-electron chi connectivity index (χ3n) is 5.07. The van der Waals surface area contributed by atoms with Crippen LogP contribution in [0.2, 0.25) is 10.0 Å². The van der Waals surface area contributed by atoms with Crippen molar-refractivity contribution < 1.29 is 0 Å². The molecule has 0 saturated carbocycles. The molecule has 0 spiro atoms. The molecule has 0 aliphatic rings. The van der Waals surface area contributed by atoms with Crippen LogP contribution in [0.3, 0.4) is 0 Å². The summed E-state index contributed by atoms with van der Waals surface area (Å²) < 4.78 is 0. The minimum absolute atomic E-state index is 0.673. The topological polar surface area (TPSA) is 12.0 Å². The number of rotatable bonds is 5. The molecule has 4 heteroatoms. The van der Waals surface area contributed by atoms with Crippen molar-refractivity contribution in [2.75, 3.05) is 5.32 Å². The zero-order valence-electron chi connectivity index (χ0n) is 16.4.